The first-order chi connectivity index (χ1) is 8.74. The molecule has 0 spiro atoms. The maximum Gasteiger partial charge on any atom is 0.147 e. The van der Waals surface area contributed by atoms with Gasteiger partial charge in [-0.1, -0.05) is 35.9 Å². The van der Waals surface area contributed by atoms with E-state index >= 15 is 0 Å². The van der Waals surface area contributed by atoms with Crippen molar-refractivity contribution < 1.29 is 0 Å². The number of aromatic nitrogens is 1. The quantitative estimate of drug-likeness (QED) is 0.787. The van der Waals surface area contributed by atoms with E-state index < -0.39 is 0 Å². The largest absolute Gasteiger partial charge is 0.351 e. The molecule has 0 radical (unpaired) electrons. The summed E-state index contributed by atoms with van der Waals surface area (Å²) >= 11 is 9.64. The molecule has 0 aliphatic carbocycles. The number of anilines is 1. The van der Waals surface area contributed by atoms with Gasteiger partial charge in [0.05, 0.1) is 5.02 Å². The third-order valence-electron chi connectivity index (χ3n) is 3.22. The van der Waals surface area contributed by atoms with Crippen molar-refractivity contribution in [3.63, 3.8) is 0 Å². The number of rotatable bonds is 1. The summed E-state index contributed by atoms with van der Waals surface area (Å²) in [5.74, 6) is 0.870. The number of hydrogen-bond acceptors (Lipinski definition) is 2. The average molecular weight is 324 g/mol. The molecule has 92 valence electrons. The summed E-state index contributed by atoms with van der Waals surface area (Å²) < 4.78 is 0.911. The van der Waals surface area contributed by atoms with Crippen molar-refractivity contribution in [3.05, 3.63) is 57.2 Å². The fraction of sp³-hybridized carbons (Fsp3) is 0.214. The van der Waals surface area contributed by atoms with E-state index in [2.05, 4.69) is 50.1 Å². The minimum Gasteiger partial charge on any atom is -0.351 e. The van der Waals surface area contributed by atoms with Crippen molar-refractivity contribution in [3.8, 4) is 0 Å². The number of halogens is 2. The molecule has 1 aromatic carbocycles. The van der Waals surface area contributed by atoms with Crippen molar-refractivity contribution in [2.75, 3.05) is 11.4 Å². The summed E-state index contributed by atoms with van der Waals surface area (Å²) in [5, 5.41) is 0.698. The second-order valence-electron chi connectivity index (χ2n) is 4.40. The zero-order chi connectivity index (χ0) is 12.5. The predicted molar refractivity (Wildman–Crippen MR) is 78.1 cm³/mol. The van der Waals surface area contributed by atoms with Gasteiger partial charge in [0.15, 0.2) is 0 Å². The molecule has 0 atom stereocenters. The molecule has 2 heterocycles. The molecule has 1 aliphatic heterocycles. The third-order valence-corrected chi connectivity index (χ3v) is 3.93. The zero-order valence-electron chi connectivity index (χ0n) is 9.74. The van der Waals surface area contributed by atoms with Crippen LogP contribution in [-0.2, 0) is 13.0 Å². The maximum absolute atomic E-state index is 6.26. The fourth-order valence-electron chi connectivity index (χ4n) is 2.32. The highest BCUT2D eigenvalue weighted by Crippen LogP contribution is 2.30. The van der Waals surface area contributed by atoms with Crippen molar-refractivity contribution in [1.29, 1.82) is 0 Å². The Morgan fingerprint density at radius 3 is 2.78 bits per heavy atom. The van der Waals surface area contributed by atoms with Crippen LogP contribution >= 0.6 is 27.5 Å². The van der Waals surface area contributed by atoms with Gasteiger partial charge in [0.2, 0.25) is 0 Å². The highest BCUT2D eigenvalue weighted by Gasteiger charge is 2.18. The van der Waals surface area contributed by atoms with Crippen LogP contribution in [0.2, 0.25) is 5.02 Å². The van der Waals surface area contributed by atoms with Gasteiger partial charge in [-0.25, -0.2) is 4.98 Å². The van der Waals surface area contributed by atoms with Crippen molar-refractivity contribution in [1.82, 2.24) is 4.98 Å². The van der Waals surface area contributed by atoms with Gasteiger partial charge < -0.3 is 4.90 Å². The van der Waals surface area contributed by atoms with Gasteiger partial charge in [-0.3, -0.25) is 0 Å². The van der Waals surface area contributed by atoms with Crippen LogP contribution in [0.15, 0.2) is 41.0 Å². The van der Waals surface area contributed by atoms with E-state index in [1.807, 2.05) is 6.07 Å². The first kappa shape index (κ1) is 12.0. The normalized spacial score (nSPS) is 14.4. The topological polar surface area (TPSA) is 16.1 Å². The van der Waals surface area contributed by atoms with Crippen LogP contribution in [0.4, 0.5) is 5.82 Å². The summed E-state index contributed by atoms with van der Waals surface area (Å²) in [6, 6.07) is 10.4. The van der Waals surface area contributed by atoms with E-state index in [0.717, 1.165) is 29.8 Å². The lowest BCUT2D eigenvalue weighted by Crippen LogP contribution is -2.31. The van der Waals surface area contributed by atoms with Crippen molar-refractivity contribution in [2.45, 2.75) is 13.0 Å². The summed E-state index contributed by atoms with van der Waals surface area (Å²) in [6.07, 6.45) is 2.84. The first-order valence-corrected chi connectivity index (χ1v) is 7.04. The number of pyridine rings is 1. The first-order valence-electron chi connectivity index (χ1n) is 5.87. The lowest BCUT2D eigenvalue weighted by molar-refractivity contribution is 0.721. The van der Waals surface area contributed by atoms with Crippen LogP contribution in [0.5, 0.6) is 0 Å². The molecule has 0 saturated carbocycles. The Bertz CT molecular complexity index is 586. The highest BCUT2D eigenvalue weighted by molar-refractivity contribution is 9.10. The molecule has 1 aromatic heterocycles. The minimum absolute atomic E-state index is 0.698. The van der Waals surface area contributed by atoms with E-state index in [1.165, 1.54) is 11.1 Å². The SMILES string of the molecule is Clc1cc(Br)cnc1N1CCc2ccccc2C1. The molecule has 4 heteroatoms. The lowest BCUT2D eigenvalue weighted by Gasteiger charge is -2.30. The second-order valence-corrected chi connectivity index (χ2v) is 5.72. The predicted octanol–water partition coefficient (Wildman–Crippen LogP) is 4.06. The van der Waals surface area contributed by atoms with Gasteiger partial charge in [-0.05, 0) is 39.5 Å². The number of benzene rings is 1. The molecule has 0 unspecified atom stereocenters. The molecule has 18 heavy (non-hydrogen) atoms. The Morgan fingerprint density at radius 2 is 2.00 bits per heavy atom. The van der Waals surface area contributed by atoms with Gasteiger partial charge >= 0.3 is 0 Å². The zero-order valence-corrected chi connectivity index (χ0v) is 12.1. The van der Waals surface area contributed by atoms with E-state index in [0.29, 0.717) is 5.02 Å². The molecule has 2 aromatic rings. The Morgan fingerprint density at radius 1 is 1.22 bits per heavy atom. The molecule has 0 amide bonds. The lowest BCUT2D eigenvalue weighted by atomic mass is 10.00. The van der Waals surface area contributed by atoms with Crippen LogP contribution in [0.1, 0.15) is 11.1 Å². The summed E-state index contributed by atoms with van der Waals surface area (Å²) in [5.41, 5.74) is 2.80. The molecule has 0 saturated heterocycles. The molecular weight excluding hydrogens is 312 g/mol. The Hall–Kier alpha value is -1.06. The molecule has 2 nitrogen and oxygen atoms in total. The maximum atomic E-state index is 6.26. The van der Waals surface area contributed by atoms with Crippen LogP contribution in [0, 0.1) is 0 Å². The van der Waals surface area contributed by atoms with E-state index in [9.17, 15) is 0 Å². The molecule has 3 rings (SSSR count). The molecule has 0 bridgehead atoms. The van der Waals surface area contributed by atoms with Crippen LogP contribution in [0.25, 0.3) is 0 Å². The van der Waals surface area contributed by atoms with Crippen molar-refractivity contribution >= 4 is 33.3 Å². The van der Waals surface area contributed by atoms with E-state index in [4.69, 9.17) is 11.6 Å². The highest BCUT2D eigenvalue weighted by atomic mass is 79.9. The van der Waals surface area contributed by atoms with E-state index in [1.54, 1.807) is 6.20 Å². The van der Waals surface area contributed by atoms with Gasteiger partial charge in [0.25, 0.3) is 0 Å². The standard InChI is InChI=1S/C14H12BrClN2/c15-12-7-13(16)14(17-8-12)18-6-5-10-3-1-2-4-11(10)9-18/h1-4,7-8H,5-6,9H2. The Balaban J connectivity index is 1.92. The molecule has 0 N–H and O–H groups in total. The minimum atomic E-state index is 0.698. The Kier molecular flexibility index (Phi) is 3.27. The van der Waals surface area contributed by atoms with Crippen LogP contribution in [0.3, 0.4) is 0 Å². The molecule has 1 aliphatic rings. The second kappa shape index (κ2) is 4.90. The fourth-order valence-corrected chi connectivity index (χ4v) is 3.07. The number of hydrogen-bond donors (Lipinski definition) is 0. The van der Waals surface area contributed by atoms with E-state index in [-0.39, 0.29) is 0 Å². The van der Waals surface area contributed by atoms with Crippen LogP contribution < -0.4 is 4.90 Å². The molecule has 0 fully saturated rings. The smallest absolute Gasteiger partial charge is 0.147 e. The summed E-state index contributed by atoms with van der Waals surface area (Å²) in [7, 11) is 0. The van der Waals surface area contributed by atoms with Gasteiger partial charge in [-0.2, -0.15) is 0 Å². The summed E-state index contributed by atoms with van der Waals surface area (Å²) in [4.78, 5) is 6.65. The van der Waals surface area contributed by atoms with Crippen molar-refractivity contribution in [2.24, 2.45) is 0 Å². The van der Waals surface area contributed by atoms with Gasteiger partial charge in [-0.15, -0.1) is 0 Å². The third kappa shape index (κ3) is 2.25. The number of fused-ring (bicyclic) bond motifs is 1. The summed E-state index contributed by atoms with van der Waals surface area (Å²) in [6.45, 7) is 1.84. The average Bonchev–Trinajstić information content (AvgIpc) is 2.38. The Labute approximate surface area is 120 Å². The van der Waals surface area contributed by atoms with Gasteiger partial charge in [0, 0.05) is 23.8 Å². The monoisotopic (exact) mass is 322 g/mol. The number of nitrogens with zero attached hydrogens (tertiary/aromatic N) is 2. The van der Waals surface area contributed by atoms with Gasteiger partial charge in [0.1, 0.15) is 5.82 Å². The molecular formula is C14H12BrClN2. The van der Waals surface area contributed by atoms with Crippen LogP contribution in [-0.4, -0.2) is 11.5 Å².